The number of benzene rings is 1. The molecule has 0 aliphatic rings. The maximum atomic E-state index is 14.8. The largest absolute Gasteiger partial charge is 0.345 e. The number of aromatic amines is 1. The van der Waals surface area contributed by atoms with Crippen LogP contribution in [0.5, 0.6) is 0 Å². The predicted molar refractivity (Wildman–Crippen MR) is 105 cm³/mol. The number of fused-ring (bicyclic) bond motifs is 1. The number of carbonyl (C=O) groups excluding carboxylic acids is 1. The number of pyridine rings is 1. The molecule has 0 aliphatic heterocycles. The molecule has 136 valence electrons. The van der Waals surface area contributed by atoms with E-state index in [4.69, 9.17) is 0 Å². The van der Waals surface area contributed by atoms with Crippen LogP contribution in [0.25, 0.3) is 11.0 Å². The van der Waals surface area contributed by atoms with Crippen LogP contribution in [-0.4, -0.2) is 21.5 Å². The van der Waals surface area contributed by atoms with E-state index >= 15 is 0 Å². The minimum Gasteiger partial charge on any atom is -0.345 e. The first kappa shape index (κ1) is 18.8. The Kier molecular flexibility index (Phi) is 5.62. The Morgan fingerprint density at radius 2 is 2.15 bits per heavy atom. The molecule has 0 fully saturated rings. The second kappa shape index (κ2) is 7.75. The lowest BCUT2D eigenvalue weighted by molar-refractivity contribution is 0.103. The van der Waals surface area contributed by atoms with E-state index < -0.39 is 23.0 Å². The molecule has 26 heavy (non-hydrogen) atoms. The fraction of sp³-hybridized carbons (Fsp3) is 0.222. The molecule has 0 radical (unpaired) electrons. The lowest BCUT2D eigenvalue weighted by atomic mass is 10.0. The maximum Gasteiger partial charge on any atom is 0.201 e. The fourth-order valence-corrected chi connectivity index (χ4v) is 3.49. The number of H-pyrrole nitrogens is 1. The van der Waals surface area contributed by atoms with E-state index in [1.54, 1.807) is 12.3 Å². The van der Waals surface area contributed by atoms with Crippen molar-refractivity contribution in [3.8, 4) is 0 Å². The molecular formula is C18H16BrF2N3OS. The molecule has 0 bridgehead atoms. The van der Waals surface area contributed by atoms with Gasteiger partial charge in [-0.15, -0.1) is 0 Å². The molecule has 0 atom stereocenters. The molecule has 0 saturated carbocycles. The average molecular weight is 440 g/mol. The minimum atomic E-state index is -0.899. The summed E-state index contributed by atoms with van der Waals surface area (Å²) < 4.78 is 32.6. The van der Waals surface area contributed by atoms with Crippen molar-refractivity contribution in [3.63, 3.8) is 0 Å². The van der Waals surface area contributed by atoms with Crippen LogP contribution in [-0.2, 0) is 0 Å². The quantitative estimate of drug-likeness (QED) is 0.390. The van der Waals surface area contributed by atoms with Gasteiger partial charge in [0.15, 0.2) is 5.82 Å². The van der Waals surface area contributed by atoms with E-state index in [0.717, 1.165) is 11.8 Å². The number of hydrogen-bond acceptors (Lipinski definition) is 4. The van der Waals surface area contributed by atoms with E-state index in [2.05, 4.69) is 30.6 Å². The van der Waals surface area contributed by atoms with Gasteiger partial charge in [0.2, 0.25) is 5.78 Å². The van der Waals surface area contributed by atoms with Crippen molar-refractivity contribution < 1.29 is 13.6 Å². The molecule has 3 rings (SSSR count). The Labute approximate surface area is 162 Å². The first-order valence-corrected chi connectivity index (χ1v) is 9.69. The van der Waals surface area contributed by atoms with Crippen LogP contribution >= 0.6 is 27.9 Å². The van der Waals surface area contributed by atoms with Crippen LogP contribution in [0.4, 0.5) is 14.5 Å². The molecule has 3 aromatic rings. The van der Waals surface area contributed by atoms with E-state index in [0.29, 0.717) is 21.4 Å². The summed E-state index contributed by atoms with van der Waals surface area (Å²) in [6.07, 6.45) is 2.99. The van der Waals surface area contributed by atoms with Crippen LogP contribution in [0.3, 0.4) is 0 Å². The number of nitrogens with zero attached hydrogens (tertiary/aromatic N) is 1. The minimum absolute atomic E-state index is 0.0829. The summed E-state index contributed by atoms with van der Waals surface area (Å²) in [7, 11) is 0. The summed E-state index contributed by atoms with van der Waals surface area (Å²) in [5, 5.41) is 0.496. The number of carbonyl (C=O) groups is 1. The van der Waals surface area contributed by atoms with Crippen molar-refractivity contribution in [1.82, 2.24) is 9.97 Å². The number of anilines is 1. The SMILES string of the molecule is CC(C)CSNc1ccc(F)c(C(=O)c2c[nH]c3ncc(Br)cc23)c1F. The normalized spacial score (nSPS) is 11.3. The molecule has 0 unspecified atom stereocenters. The molecular weight excluding hydrogens is 424 g/mol. The monoisotopic (exact) mass is 439 g/mol. The molecule has 2 aromatic heterocycles. The number of nitrogens with one attached hydrogen (secondary N) is 2. The van der Waals surface area contributed by atoms with Crippen molar-refractivity contribution in [3.05, 3.63) is 57.8 Å². The standard InChI is InChI=1S/C18H16BrF2N3OS/c1-9(2)8-26-24-14-4-3-13(20)15(16(14)21)17(25)12-7-23-18-11(12)5-10(19)6-22-18/h3-7,9,24H,8H2,1-2H3,(H,22,23). The van der Waals surface area contributed by atoms with E-state index in [1.165, 1.54) is 24.2 Å². The van der Waals surface area contributed by atoms with Gasteiger partial charge in [-0.1, -0.05) is 25.8 Å². The summed E-state index contributed by atoms with van der Waals surface area (Å²) in [6, 6.07) is 4.07. The van der Waals surface area contributed by atoms with Gasteiger partial charge in [0, 0.05) is 33.6 Å². The number of hydrogen-bond donors (Lipinski definition) is 2. The van der Waals surface area contributed by atoms with Gasteiger partial charge in [-0.05, 0) is 40.0 Å². The molecule has 2 N–H and O–H groups in total. The van der Waals surface area contributed by atoms with E-state index in [1.807, 2.05) is 13.8 Å². The summed E-state index contributed by atoms with van der Waals surface area (Å²) in [5.41, 5.74) is 0.137. The zero-order chi connectivity index (χ0) is 18.8. The van der Waals surface area contributed by atoms with Crippen molar-refractivity contribution in [1.29, 1.82) is 0 Å². The van der Waals surface area contributed by atoms with E-state index in [9.17, 15) is 13.6 Å². The summed E-state index contributed by atoms with van der Waals surface area (Å²) in [4.78, 5) is 19.8. The van der Waals surface area contributed by atoms with Crippen LogP contribution in [0.2, 0.25) is 0 Å². The third-order valence-corrected chi connectivity index (χ3v) is 5.29. The average Bonchev–Trinajstić information content (AvgIpc) is 2.99. The van der Waals surface area contributed by atoms with Gasteiger partial charge in [0.25, 0.3) is 0 Å². The molecule has 4 nitrogen and oxygen atoms in total. The highest BCUT2D eigenvalue weighted by Gasteiger charge is 2.24. The lowest BCUT2D eigenvalue weighted by Gasteiger charge is -2.11. The van der Waals surface area contributed by atoms with Gasteiger partial charge in [-0.25, -0.2) is 13.8 Å². The zero-order valence-electron chi connectivity index (χ0n) is 14.1. The first-order valence-electron chi connectivity index (χ1n) is 7.91. The summed E-state index contributed by atoms with van der Waals surface area (Å²) in [5.74, 6) is -1.37. The molecule has 0 amide bonds. The Hall–Kier alpha value is -1.93. The van der Waals surface area contributed by atoms with Gasteiger partial charge < -0.3 is 9.71 Å². The summed E-state index contributed by atoms with van der Waals surface area (Å²) in [6.45, 7) is 4.07. The summed E-state index contributed by atoms with van der Waals surface area (Å²) >= 11 is 4.60. The predicted octanol–water partition coefficient (Wildman–Crippen LogP) is 5.55. The molecule has 8 heteroatoms. The smallest absolute Gasteiger partial charge is 0.201 e. The molecule has 0 saturated heterocycles. The Morgan fingerprint density at radius 1 is 1.38 bits per heavy atom. The third-order valence-electron chi connectivity index (χ3n) is 3.66. The Morgan fingerprint density at radius 3 is 2.88 bits per heavy atom. The maximum absolute atomic E-state index is 14.8. The van der Waals surface area contributed by atoms with Crippen molar-refractivity contribution in [2.45, 2.75) is 13.8 Å². The first-order chi connectivity index (χ1) is 12.4. The van der Waals surface area contributed by atoms with Crippen LogP contribution < -0.4 is 4.72 Å². The Bertz CT molecular complexity index is 974. The van der Waals surface area contributed by atoms with Crippen LogP contribution in [0, 0.1) is 17.6 Å². The molecule has 2 heterocycles. The highest BCUT2D eigenvalue weighted by atomic mass is 79.9. The van der Waals surface area contributed by atoms with Gasteiger partial charge in [-0.2, -0.15) is 0 Å². The second-order valence-electron chi connectivity index (χ2n) is 6.17. The number of ketones is 1. The number of halogens is 3. The van der Waals surface area contributed by atoms with Crippen LogP contribution in [0.15, 0.2) is 35.1 Å². The molecule has 1 aromatic carbocycles. The van der Waals surface area contributed by atoms with E-state index in [-0.39, 0.29) is 11.3 Å². The zero-order valence-corrected chi connectivity index (χ0v) is 16.5. The van der Waals surface area contributed by atoms with Crippen molar-refractivity contribution in [2.24, 2.45) is 5.92 Å². The van der Waals surface area contributed by atoms with Gasteiger partial charge in [-0.3, -0.25) is 4.79 Å². The van der Waals surface area contributed by atoms with Crippen LogP contribution in [0.1, 0.15) is 29.8 Å². The topological polar surface area (TPSA) is 57.8 Å². The van der Waals surface area contributed by atoms with Gasteiger partial charge in [0.1, 0.15) is 11.5 Å². The van der Waals surface area contributed by atoms with Gasteiger partial charge in [0.05, 0.1) is 11.3 Å². The molecule has 0 aliphatic carbocycles. The second-order valence-corrected chi connectivity index (χ2v) is 7.91. The number of rotatable bonds is 6. The third kappa shape index (κ3) is 3.76. The molecule has 0 spiro atoms. The lowest BCUT2D eigenvalue weighted by Crippen LogP contribution is -2.09. The Balaban J connectivity index is 1.99. The highest BCUT2D eigenvalue weighted by Crippen LogP contribution is 2.29. The van der Waals surface area contributed by atoms with Gasteiger partial charge >= 0.3 is 0 Å². The number of aromatic nitrogens is 2. The highest BCUT2D eigenvalue weighted by molar-refractivity contribution is 9.10. The fourth-order valence-electron chi connectivity index (χ4n) is 2.43. The van der Waals surface area contributed by atoms with Crippen molar-refractivity contribution in [2.75, 3.05) is 10.5 Å². The van der Waals surface area contributed by atoms with Crippen molar-refractivity contribution >= 4 is 50.4 Å².